The molecule has 0 saturated heterocycles. The molecule has 0 aliphatic heterocycles. The van der Waals surface area contributed by atoms with E-state index in [0.717, 1.165) is 11.1 Å². The highest BCUT2D eigenvalue weighted by atomic mass is 35.5. The highest BCUT2D eigenvalue weighted by Gasteiger charge is 2.11. The Morgan fingerprint density at radius 3 is 2.00 bits per heavy atom. The van der Waals surface area contributed by atoms with Gasteiger partial charge in [0, 0.05) is 0 Å². The van der Waals surface area contributed by atoms with Crippen LogP contribution in [-0.2, 0) is 0 Å². The molecule has 1 unspecified atom stereocenters. The van der Waals surface area contributed by atoms with Gasteiger partial charge in [0.15, 0.2) is 0 Å². The molecule has 0 amide bonds. The summed E-state index contributed by atoms with van der Waals surface area (Å²) in [6.07, 6.45) is 0. The minimum absolute atomic E-state index is 0.203. The van der Waals surface area contributed by atoms with Crippen LogP contribution in [0.3, 0.4) is 0 Å². The van der Waals surface area contributed by atoms with E-state index in [1.54, 1.807) is 12.1 Å². The molecular formula is C14H11Cl3. The van der Waals surface area contributed by atoms with Crippen molar-refractivity contribution in [3.8, 4) is 0 Å². The minimum atomic E-state index is -0.203. The van der Waals surface area contributed by atoms with Crippen molar-refractivity contribution in [2.75, 3.05) is 0 Å². The standard InChI is InChI=1S/C14H11Cl3/c1-9-2-4-10(5-3-9)14(17)11-6-7-12(15)13(16)8-11/h2-8,14H,1H3. The Hall–Kier alpha value is -0.690. The lowest BCUT2D eigenvalue weighted by Gasteiger charge is -2.11. The first-order valence-electron chi connectivity index (χ1n) is 5.23. The molecule has 2 aromatic rings. The lowest BCUT2D eigenvalue weighted by molar-refractivity contribution is 1.14. The van der Waals surface area contributed by atoms with Gasteiger partial charge in [0.1, 0.15) is 0 Å². The average molecular weight is 286 g/mol. The van der Waals surface area contributed by atoms with E-state index in [1.807, 2.05) is 37.3 Å². The molecule has 0 aromatic heterocycles. The molecule has 0 nitrogen and oxygen atoms in total. The Bertz CT molecular complexity index is 517. The molecule has 0 bridgehead atoms. The van der Waals surface area contributed by atoms with E-state index in [4.69, 9.17) is 34.8 Å². The molecule has 0 aliphatic carbocycles. The van der Waals surface area contributed by atoms with Gasteiger partial charge in [-0.05, 0) is 30.2 Å². The SMILES string of the molecule is Cc1ccc(C(Cl)c2ccc(Cl)c(Cl)c2)cc1. The Labute approximate surface area is 116 Å². The number of hydrogen-bond acceptors (Lipinski definition) is 0. The van der Waals surface area contributed by atoms with Crippen molar-refractivity contribution < 1.29 is 0 Å². The number of aryl methyl sites for hydroxylation is 1. The number of rotatable bonds is 2. The highest BCUT2D eigenvalue weighted by Crippen LogP contribution is 2.32. The largest absolute Gasteiger partial charge is 0.113 e. The van der Waals surface area contributed by atoms with Crippen LogP contribution < -0.4 is 0 Å². The molecular weight excluding hydrogens is 275 g/mol. The molecule has 1 atom stereocenters. The monoisotopic (exact) mass is 284 g/mol. The average Bonchev–Trinajstić information content (AvgIpc) is 2.33. The maximum atomic E-state index is 6.41. The molecule has 0 radical (unpaired) electrons. The van der Waals surface area contributed by atoms with E-state index >= 15 is 0 Å². The van der Waals surface area contributed by atoms with E-state index < -0.39 is 0 Å². The van der Waals surface area contributed by atoms with Gasteiger partial charge >= 0.3 is 0 Å². The fraction of sp³-hybridized carbons (Fsp3) is 0.143. The number of benzene rings is 2. The maximum Gasteiger partial charge on any atom is 0.0835 e. The molecule has 0 spiro atoms. The molecule has 88 valence electrons. The molecule has 0 saturated carbocycles. The van der Waals surface area contributed by atoms with Crippen LogP contribution in [0, 0.1) is 6.92 Å². The lowest BCUT2D eigenvalue weighted by Crippen LogP contribution is -1.93. The zero-order valence-electron chi connectivity index (χ0n) is 9.25. The van der Waals surface area contributed by atoms with E-state index in [-0.39, 0.29) is 5.38 Å². The van der Waals surface area contributed by atoms with Crippen molar-refractivity contribution in [2.24, 2.45) is 0 Å². The van der Waals surface area contributed by atoms with Crippen LogP contribution >= 0.6 is 34.8 Å². The van der Waals surface area contributed by atoms with Crippen molar-refractivity contribution in [1.29, 1.82) is 0 Å². The summed E-state index contributed by atoms with van der Waals surface area (Å²) in [5.74, 6) is 0. The van der Waals surface area contributed by atoms with Crippen LogP contribution in [0.4, 0.5) is 0 Å². The van der Waals surface area contributed by atoms with Gasteiger partial charge in [-0.15, -0.1) is 11.6 Å². The Morgan fingerprint density at radius 2 is 1.41 bits per heavy atom. The van der Waals surface area contributed by atoms with Gasteiger partial charge in [0.05, 0.1) is 15.4 Å². The first-order valence-corrected chi connectivity index (χ1v) is 6.43. The predicted molar refractivity (Wildman–Crippen MR) is 75.3 cm³/mol. The molecule has 2 rings (SSSR count). The van der Waals surface area contributed by atoms with Crippen molar-refractivity contribution in [1.82, 2.24) is 0 Å². The molecule has 0 N–H and O–H groups in total. The molecule has 0 aliphatic rings. The fourth-order valence-corrected chi connectivity index (χ4v) is 2.19. The van der Waals surface area contributed by atoms with Crippen LogP contribution in [0.1, 0.15) is 22.1 Å². The van der Waals surface area contributed by atoms with Gasteiger partial charge in [-0.3, -0.25) is 0 Å². The molecule has 0 fully saturated rings. The first-order chi connectivity index (χ1) is 8.08. The third-order valence-corrected chi connectivity index (χ3v) is 3.85. The van der Waals surface area contributed by atoms with Crippen LogP contribution in [0.2, 0.25) is 10.0 Å². The summed E-state index contributed by atoms with van der Waals surface area (Å²) in [6.45, 7) is 2.05. The van der Waals surface area contributed by atoms with Crippen molar-refractivity contribution in [3.63, 3.8) is 0 Å². The van der Waals surface area contributed by atoms with Crippen molar-refractivity contribution in [2.45, 2.75) is 12.3 Å². The number of hydrogen-bond donors (Lipinski definition) is 0. The van der Waals surface area contributed by atoms with Crippen molar-refractivity contribution in [3.05, 3.63) is 69.2 Å². The smallest absolute Gasteiger partial charge is 0.0835 e. The molecule has 17 heavy (non-hydrogen) atoms. The van der Waals surface area contributed by atoms with Gasteiger partial charge < -0.3 is 0 Å². The van der Waals surface area contributed by atoms with E-state index in [1.165, 1.54) is 5.56 Å². The summed E-state index contributed by atoms with van der Waals surface area (Å²) in [4.78, 5) is 0. The quantitative estimate of drug-likeness (QED) is 0.627. The van der Waals surface area contributed by atoms with Crippen molar-refractivity contribution >= 4 is 34.8 Å². The third kappa shape index (κ3) is 2.95. The third-order valence-electron chi connectivity index (χ3n) is 2.61. The second-order valence-electron chi connectivity index (χ2n) is 3.95. The van der Waals surface area contributed by atoms with E-state index in [0.29, 0.717) is 10.0 Å². The van der Waals surface area contributed by atoms with Gasteiger partial charge in [-0.25, -0.2) is 0 Å². The second kappa shape index (κ2) is 5.30. The Kier molecular flexibility index (Phi) is 3.98. The normalized spacial score (nSPS) is 12.5. The summed E-state index contributed by atoms with van der Waals surface area (Å²) in [5.41, 5.74) is 3.22. The van der Waals surface area contributed by atoms with Gasteiger partial charge in [0.2, 0.25) is 0 Å². The van der Waals surface area contributed by atoms with Crippen LogP contribution in [-0.4, -0.2) is 0 Å². The van der Waals surface area contributed by atoms with E-state index in [2.05, 4.69) is 0 Å². The Morgan fingerprint density at radius 1 is 0.824 bits per heavy atom. The van der Waals surface area contributed by atoms with Gasteiger partial charge in [-0.1, -0.05) is 59.1 Å². The summed E-state index contributed by atoms with van der Waals surface area (Å²) in [6, 6.07) is 13.6. The summed E-state index contributed by atoms with van der Waals surface area (Å²) in [7, 11) is 0. The van der Waals surface area contributed by atoms with Crippen LogP contribution in [0.15, 0.2) is 42.5 Å². The number of alkyl halides is 1. The summed E-state index contributed by atoms with van der Waals surface area (Å²) in [5, 5.41) is 0.871. The zero-order chi connectivity index (χ0) is 12.4. The Balaban J connectivity index is 2.33. The highest BCUT2D eigenvalue weighted by molar-refractivity contribution is 6.42. The van der Waals surface area contributed by atoms with Gasteiger partial charge in [-0.2, -0.15) is 0 Å². The second-order valence-corrected chi connectivity index (χ2v) is 5.20. The number of halogens is 3. The van der Waals surface area contributed by atoms with Gasteiger partial charge in [0.25, 0.3) is 0 Å². The molecule has 2 aromatic carbocycles. The molecule has 3 heteroatoms. The summed E-state index contributed by atoms with van der Waals surface area (Å²) < 4.78 is 0. The first kappa shape index (κ1) is 12.8. The zero-order valence-corrected chi connectivity index (χ0v) is 11.5. The fourth-order valence-electron chi connectivity index (χ4n) is 1.60. The van der Waals surface area contributed by atoms with Crippen LogP contribution in [0.25, 0.3) is 0 Å². The minimum Gasteiger partial charge on any atom is -0.113 e. The maximum absolute atomic E-state index is 6.41. The summed E-state index contributed by atoms with van der Waals surface area (Å²) >= 11 is 18.3. The predicted octanol–water partition coefficient (Wildman–Crippen LogP) is 5.63. The lowest BCUT2D eigenvalue weighted by atomic mass is 10.0. The topological polar surface area (TPSA) is 0 Å². The van der Waals surface area contributed by atoms with E-state index in [9.17, 15) is 0 Å². The molecule has 0 heterocycles. The van der Waals surface area contributed by atoms with Crippen LogP contribution in [0.5, 0.6) is 0 Å².